The van der Waals surface area contributed by atoms with Crippen LogP contribution in [0.5, 0.6) is 0 Å². The summed E-state index contributed by atoms with van der Waals surface area (Å²) >= 11 is 0. The average Bonchev–Trinajstić information content (AvgIpc) is 2.74. The van der Waals surface area contributed by atoms with E-state index in [-0.39, 0.29) is 17.9 Å². The molecule has 1 aliphatic rings. The highest BCUT2D eigenvalue weighted by molar-refractivity contribution is 6.05. The first-order valence-corrected chi connectivity index (χ1v) is 8.31. The molecule has 0 spiro atoms. The minimum Gasteiger partial charge on any atom is -0.305 e. The van der Waals surface area contributed by atoms with Crippen molar-refractivity contribution in [3.63, 3.8) is 0 Å². The SMILES string of the molecule is CCCCCCCCCCCCN[C@H]1CC(=O)NC1=O. The molecule has 0 aromatic heterocycles. The molecule has 0 unspecified atom stereocenters. The van der Waals surface area contributed by atoms with E-state index in [4.69, 9.17) is 0 Å². The van der Waals surface area contributed by atoms with Crippen LogP contribution in [0.1, 0.15) is 77.6 Å². The summed E-state index contributed by atoms with van der Waals surface area (Å²) in [5, 5.41) is 5.47. The molecular weight excluding hydrogens is 252 g/mol. The van der Waals surface area contributed by atoms with Crippen LogP contribution >= 0.6 is 0 Å². The molecule has 0 saturated carbocycles. The van der Waals surface area contributed by atoms with E-state index in [1.54, 1.807) is 0 Å². The molecule has 1 fully saturated rings. The normalized spacial score (nSPS) is 18.6. The van der Waals surface area contributed by atoms with Crippen molar-refractivity contribution in [2.24, 2.45) is 0 Å². The van der Waals surface area contributed by atoms with Gasteiger partial charge in [-0.25, -0.2) is 0 Å². The summed E-state index contributed by atoms with van der Waals surface area (Å²) in [5.74, 6) is -0.322. The molecule has 0 aliphatic carbocycles. The highest BCUT2D eigenvalue weighted by Gasteiger charge is 2.29. The lowest BCUT2D eigenvalue weighted by atomic mass is 10.1. The van der Waals surface area contributed by atoms with Gasteiger partial charge in [-0.2, -0.15) is 0 Å². The molecule has 116 valence electrons. The number of carbonyl (C=O) groups is 2. The zero-order valence-electron chi connectivity index (χ0n) is 12.9. The van der Waals surface area contributed by atoms with Gasteiger partial charge < -0.3 is 5.32 Å². The lowest BCUT2D eigenvalue weighted by Crippen LogP contribution is -2.36. The van der Waals surface area contributed by atoms with Gasteiger partial charge in [0.2, 0.25) is 11.8 Å². The first-order valence-electron chi connectivity index (χ1n) is 8.31. The van der Waals surface area contributed by atoms with Crippen LogP contribution in [0.4, 0.5) is 0 Å². The predicted molar refractivity (Wildman–Crippen MR) is 81.4 cm³/mol. The van der Waals surface area contributed by atoms with Gasteiger partial charge in [-0.15, -0.1) is 0 Å². The van der Waals surface area contributed by atoms with E-state index in [1.165, 1.54) is 57.8 Å². The van der Waals surface area contributed by atoms with Gasteiger partial charge in [0.25, 0.3) is 0 Å². The van der Waals surface area contributed by atoms with E-state index in [2.05, 4.69) is 17.6 Å². The van der Waals surface area contributed by atoms with Gasteiger partial charge in [0.15, 0.2) is 0 Å². The van der Waals surface area contributed by atoms with Gasteiger partial charge in [-0.1, -0.05) is 64.7 Å². The van der Waals surface area contributed by atoms with Crippen molar-refractivity contribution < 1.29 is 9.59 Å². The maximum Gasteiger partial charge on any atom is 0.244 e. The number of hydrogen-bond donors (Lipinski definition) is 2. The quantitative estimate of drug-likeness (QED) is 0.427. The molecule has 1 heterocycles. The first kappa shape index (κ1) is 17.2. The number of imide groups is 1. The number of unbranched alkanes of at least 4 members (excludes halogenated alkanes) is 9. The molecule has 4 nitrogen and oxygen atoms in total. The molecule has 1 atom stereocenters. The van der Waals surface area contributed by atoms with E-state index >= 15 is 0 Å². The molecule has 0 radical (unpaired) electrons. The van der Waals surface area contributed by atoms with Gasteiger partial charge in [0.1, 0.15) is 0 Å². The van der Waals surface area contributed by atoms with Crippen LogP contribution in [0.25, 0.3) is 0 Å². The fourth-order valence-corrected chi connectivity index (χ4v) is 2.61. The smallest absolute Gasteiger partial charge is 0.244 e. The summed E-state index contributed by atoms with van der Waals surface area (Å²) in [4.78, 5) is 22.3. The number of carbonyl (C=O) groups excluding carboxylic acids is 2. The molecule has 20 heavy (non-hydrogen) atoms. The van der Waals surface area contributed by atoms with E-state index in [1.807, 2.05) is 0 Å². The molecule has 2 amide bonds. The Hall–Kier alpha value is -0.900. The summed E-state index contributed by atoms with van der Waals surface area (Å²) in [5.41, 5.74) is 0. The van der Waals surface area contributed by atoms with Crippen molar-refractivity contribution in [1.29, 1.82) is 0 Å². The van der Waals surface area contributed by atoms with Crippen LogP contribution in [0.2, 0.25) is 0 Å². The van der Waals surface area contributed by atoms with Crippen molar-refractivity contribution in [3.8, 4) is 0 Å². The lowest BCUT2D eigenvalue weighted by Gasteiger charge is -2.08. The standard InChI is InChI=1S/C16H30N2O2/c1-2-3-4-5-6-7-8-9-10-11-12-17-14-13-15(19)18-16(14)20/h14,17H,2-13H2,1H3,(H,18,19,20)/t14-/m0/s1. The van der Waals surface area contributed by atoms with Crippen LogP contribution < -0.4 is 10.6 Å². The van der Waals surface area contributed by atoms with Crippen molar-refractivity contribution >= 4 is 11.8 Å². The Morgan fingerprint density at radius 3 is 2.00 bits per heavy atom. The van der Waals surface area contributed by atoms with Crippen LogP contribution in [0.3, 0.4) is 0 Å². The Kier molecular flexibility index (Phi) is 9.29. The number of nitrogens with one attached hydrogen (secondary N) is 2. The third-order valence-electron chi connectivity index (χ3n) is 3.89. The minimum absolute atomic E-state index is 0.157. The van der Waals surface area contributed by atoms with Gasteiger partial charge in [-0.3, -0.25) is 14.9 Å². The molecule has 4 heteroatoms. The molecule has 1 aliphatic heterocycles. The molecule has 0 aromatic rings. The summed E-state index contributed by atoms with van der Waals surface area (Å²) in [7, 11) is 0. The van der Waals surface area contributed by atoms with E-state index in [0.29, 0.717) is 6.42 Å². The third kappa shape index (κ3) is 7.63. The lowest BCUT2D eigenvalue weighted by molar-refractivity contribution is -0.125. The van der Waals surface area contributed by atoms with Gasteiger partial charge in [0.05, 0.1) is 12.5 Å². The van der Waals surface area contributed by atoms with Crippen LogP contribution in [-0.4, -0.2) is 24.4 Å². The maximum absolute atomic E-state index is 11.3. The summed E-state index contributed by atoms with van der Waals surface area (Å²) in [6.07, 6.45) is 13.4. The zero-order chi connectivity index (χ0) is 14.6. The fourth-order valence-electron chi connectivity index (χ4n) is 2.61. The highest BCUT2D eigenvalue weighted by atomic mass is 16.2. The Labute approximate surface area is 123 Å². The van der Waals surface area contributed by atoms with Crippen LogP contribution in [0, 0.1) is 0 Å². The van der Waals surface area contributed by atoms with Gasteiger partial charge in [-0.05, 0) is 13.0 Å². The summed E-state index contributed by atoms with van der Waals surface area (Å²) < 4.78 is 0. The summed E-state index contributed by atoms with van der Waals surface area (Å²) in [6, 6.07) is -0.291. The van der Waals surface area contributed by atoms with Crippen molar-refractivity contribution in [3.05, 3.63) is 0 Å². The van der Waals surface area contributed by atoms with Crippen molar-refractivity contribution in [2.75, 3.05) is 6.54 Å². The molecule has 2 N–H and O–H groups in total. The first-order chi connectivity index (χ1) is 9.74. The third-order valence-corrected chi connectivity index (χ3v) is 3.89. The number of hydrogen-bond acceptors (Lipinski definition) is 3. The molecule has 0 bridgehead atoms. The largest absolute Gasteiger partial charge is 0.305 e. The van der Waals surface area contributed by atoms with Crippen LogP contribution in [-0.2, 0) is 9.59 Å². The second-order valence-electron chi connectivity index (χ2n) is 5.81. The average molecular weight is 282 g/mol. The molecule has 1 saturated heterocycles. The minimum atomic E-state index is -0.291. The van der Waals surface area contributed by atoms with Gasteiger partial charge in [0, 0.05) is 0 Å². The maximum atomic E-state index is 11.3. The molecule has 1 rings (SSSR count). The van der Waals surface area contributed by atoms with Crippen molar-refractivity contribution in [2.45, 2.75) is 83.6 Å². The van der Waals surface area contributed by atoms with E-state index in [9.17, 15) is 9.59 Å². The topological polar surface area (TPSA) is 58.2 Å². The Bertz CT molecular complexity index is 292. The van der Waals surface area contributed by atoms with Gasteiger partial charge >= 0.3 is 0 Å². The number of amides is 2. The second-order valence-corrected chi connectivity index (χ2v) is 5.81. The zero-order valence-corrected chi connectivity index (χ0v) is 12.9. The Balaban J connectivity index is 1.81. The molecule has 0 aromatic carbocycles. The second kappa shape index (κ2) is 10.8. The van der Waals surface area contributed by atoms with Crippen molar-refractivity contribution in [1.82, 2.24) is 10.6 Å². The highest BCUT2D eigenvalue weighted by Crippen LogP contribution is 2.10. The number of rotatable bonds is 12. The fraction of sp³-hybridized carbons (Fsp3) is 0.875. The Morgan fingerprint density at radius 1 is 0.950 bits per heavy atom. The Morgan fingerprint density at radius 2 is 1.50 bits per heavy atom. The molecular formula is C16H30N2O2. The van der Waals surface area contributed by atoms with E-state index in [0.717, 1.165) is 13.0 Å². The summed E-state index contributed by atoms with van der Waals surface area (Å²) in [6.45, 7) is 3.08. The van der Waals surface area contributed by atoms with Crippen LogP contribution in [0.15, 0.2) is 0 Å². The monoisotopic (exact) mass is 282 g/mol. The van der Waals surface area contributed by atoms with E-state index < -0.39 is 0 Å². The predicted octanol–water partition coefficient (Wildman–Crippen LogP) is 2.91.